The Bertz CT molecular complexity index is 146. The van der Waals surface area contributed by atoms with Gasteiger partial charge in [-0.05, 0) is 32.6 Å². The number of rotatable bonds is 2. The van der Waals surface area contributed by atoms with Gasteiger partial charge in [-0.25, -0.2) is 0 Å². The van der Waals surface area contributed by atoms with Gasteiger partial charge in [0.05, 0.1) is 12.0 Å². The van der Waals surface area contributed by atoms with E-state index in [0.29, 0.717) is 0 Å². The molecule has 11 heavy (non-hydrogen) atoms. The number of esters is 1. The van der Waals surface area contributed by atoms with Crippen molar-refractivity contribution in [3.8, 4) is 0 Å². The van der Waals surface area contributed by atoms with E-state index in [1.807, 2.05) is 13.8 Å². The number of hydrogen-bond donors (Lipinski definition) is 0. The zero-order valence-electron chi connectivity index (χ0n) is 7.46. The fourth-order valence-corrected chi connectivity index (χ4v) is 1.42. The largest absolute Gasteiger partial charge is 0.463 e. The van der Waals surface area contributed by atoms with Crippen LogP contribution >= 0.6 is 0 Å². The number of hydrogen-bond acceptors (Lipinski definition) is 2. The summed E-state index contributed by atoms with van der Waals surface area (Å²) in [6.07, 6.45) is 2.08. The van der Waals surface area contributed by atoms with E-state index in [-0.39, 0.29) is 18.0 Å². The van der Waals surface area contributed by atoms with E-state index < -0.39 is 0 Å². The summed E-state index contributed by atoms with van der Waals surface area (Å²) < 4.78 is 5.06. The Morgan fingerprint density at radius 1 is 1.45 bits per heavy atom. The van der Waals surface area contributed by atoms with Crippen molar-refractivity contribution < 1.29 is 9.53 Å². The molecule has 0 atom stereocenters. The van der Waals surface area contributed by atoms with Crippen LogP contribution in [-0.4, -0.2) is 12.1 Å². The molecule has 0 heterocycles. The molecule has 0 aliphatic heterocycles. The minimum absolute atomic E-state index is 0.00176. The summed E-state index contributed by atoms with van der Waals surface area (Å²) in [5.74, 6) is 0.921. The Labute approximate surface area is 67.9 Å². The van der Waals surface area contributed by atoms with Gasteiger partial charge in [0.25, 0.3) is 0 Å². The number of carbonyl (C=O) groups excluding carboxylic acids is 1. The van der Waals surface area contributed by atoms with Gasteiger partial charge in [-0.2, -0.15) is 0 Å². The van der Waals surface area contributed by atoms with Crippen molar-refractivity contribution in [3.63, 3.8) is 0 Å². The fourth-order valence-electron chi connectivity index (χ4n) is 1.42. The molecule has 0 N–H and O–H groups in total. The van der Waals surface area contributed by atoms with Gasteiger partial charge < -0.3 is 4.74 Å². The number of ether oxygens (including phenoxy) is 1. The molecule has 1 rings (SSSR count). The SMILES string of the molecule is CC1CC(C(=O)OC(C)C)C1. The van der Waals surface area contributed by atoms with Crippen LogP contribution in [0.25, 0.3) is 0 Å². The van der Waals surface area contributed by atoms with E-state index in [4.69, 9.17) is 4.74 Å². The van der Waals surface area contributed by atoms with Crippen molar-refractivity contribution in [1.29, 1.82) is 0 Å². The van der Waals surface area contributed by atoms with E-state index in [1.165, 1.54) is 0 Å². The Hall–Kier alpha value is -0.530. The highest BCUT2D eigenvalue weighted by Gasteiger charge is 2.32. The van der Waals surface area contributed by atoms with Crippen LogP contribution in [0.15, 0.2) is 0 Å². The van der Waals surface area contributed by atoms with E-state index in [1.54, 1.807) is 0 Å². The molecule has 2 heteroatoms. The zero-order chi connectivity index (χ0) is 8.43. The summed E-state index contributed by atoms with van der Waals surface area (Å²) in [4.78, 5) is 11.2. The highest BCUT2D eigenvalue weighted by atomic mass is 16.5. The third-order valence-electron chi connectivity index (χ3n) is 2.06. The quantitative estimate of drug-likeness (QED) is 0.571. The number of carbonyl (C=O) groups is 1. The lowest BCUT2D eigenvalue weighted by Gasteiger charge is -2.31. The first-order valence-electron chi connectivity index (χ1n) is 4.30. The molecule has 0 saturated heterocycles. The van der Waals surface area contributed by atoms with Crippen LogP contribution in [0.1, 0.15) is 33.6 Å². The average Bonchev–Trinajstić information content (AvgIpc) is 1.79. The van der Waals surface area contributed by atoms with Crippen LogP contribution in [0.4, 0.5) is 0 Å². The summed E-state index contributed by atoms with van der Waals surface area (Å²) in [5, 5.41) is 0. The summed E-state index contributed by atoms with van der Waals surface area (Å²) in [6, 6.07) is 0. The van der Waals surface area contributed by atoms with E-state index in [9.17, 15) is 4.79 Å². The Morgan fingerprint density at radius 2 is 2.00 bits per heavy atom. The lowest BCUT2D eigenvalue weighted by Crippen LogP contribution is -2.31. The molecule has 64 valence electrons. The third-order valence-corrected chi connectivity index (χ3v) is 2.06. The molecule has 0 bridgehead atoms. The van der Waals surface area contributed by atoms with Gasteiger partial charge in [0.1, 0.15) is 0 Å². The predicted octanol–water partition coefficient (Wildman–Crippen LogP) is 1.98. The maximum Gasteiger partial charge on any atom is 0.309 e. The summed E-state index contributed by atoms with van der Waals surface area (Å²) in [5.41, 5.74) is 0. The van der Waals surface area contributed by atoms with Gasteiger partial charge >= 0.3 is 5.97 Å². The molecule has 0 aromatic carbocycles. The minimum Gasteiger partial charge on any atom is -0.463 e. The summed E-state index contributed by atoms with van der Waals surface area (Å²) >= 11 is 0. The molecule has 0 unspecified atom stereocenters. The van der Waals surface area contributed by atoms with Crippen LogP contribution in [0, 0.1) is 11.8 Å². The van der Waals surface area contributed by atoms with Crippen molar-refractivity contribution in [3.05, 3.63) is 0 Å². The minimum atomic E-state index is -0.00176. The third kappa shape index (κ3) is 2.21. The molecule has 1 aliphatic rings. The first-order valence-corrected chi connectivity index (χ1v) is 4.30. The van der Waals surface area contributed by atoms with Crippen LogP contribution in [0.5, 0.6) is 0 Å². The van der Waals surface area contributed by atoms with Gasteiger partial charge in [0.2, 0.25) is 0 Å². The van der Waals surface area contributed by atoms with E-state index >= 15 is 0 Å². The first-order chi connectivity index (χ1) is 5.09. The van der Waals surface area contributed by atoms with Gasteiger partial charge in [-0.1, -0.05) is 6.92 Å². The van der Waals surface area contributed by atoms with Crippen LogP contribution < -0.4 is 0 Å². The Kier molecular flexibility index (Phi) is 2.53. The zero-order valence-corrected chi connectivity index (χ0v) is 7.46. The lowest BCUT2D eigenvalue weighted by atomic mass is 9.76. The average molecular weight is 156 g/mol. The Morgan fingerprint density at radius 3 is 2.36 bits per heavy atom. The topological polar surface area (TPSA) is 26.3 Å². The van der Waals surface area contributed by atoms with Crippen molar-refractivity contribution in [1.82, 2.24) is 0 Å². The first kappa shape index (κ1) is 8.57. The van der Waals surface area contributed by atoms with Crippen molar-refractivity contribution >= 4 is 5.97 Å². The molecule has 1 aliphatic carbocycles. The molecule has 2 nitrogen and oxygen atoms in total. The highest BCUT2D eigenvalue weighted by Crippen LogP contribution is 2.33. The van der Waals surface area contributed by atoms with Crippen molar-refractivity contribution in [2.24, 2.45) is 11.8 Å². The van der Waals surface area contributed by atoms with E-state index in [0.717, 1.165) is 18.8 Å². The van der Waals surface area contributed by atoms with Gasteiger partial charge in [-0.15, -0.1) is 0 Å². The highest BCUT2D eigenvalue weighted by molar-refractivity contribution is 5.73. The molecule has 0 aromatic rings. The lowest BCUT2D eigenvalue weighted by molar-refractivity contribution is -0.156. The summed E-state index contributed by atoms with van der Waals surface area (Å²) in [7, 11) is 0. The summed E-state index contributed by atoms with van der Waals surface area (Å²) in [6.45, 7) is 5.94. The molecule has 1 saturated carbocycles. The van der Waals surface area contributed by atoms with Crippen LogP contribution in [0.3, 0.4) is 0 Å². The second-order valence-electron chi connectivity index (χ2n) is 3.76. The maximum absolute atomic E-state index is 11.2. The monoisotopic (exact) mass is 156 g/mol. The molecular formula is C9H16O2. The molecular weight excluding hydrogens is 140 g/mol. The van der Waals surface area contributed by atoms with Gasteiger partial charge in [0.15, 0.2) is 0 Å². The van der Waals surface area contributed by atoms with Crippen molar-refractivity contribution in [2.75, 3.05) is 0 Å². The van der Waals surface area contributed by atoms with Crippen LogP contribution in [-0.2, 0) is 9.53 Å². The van der Waals surface area contributed by atoms with Gasteiger partial charge in [0, 0.05) is 0 Å². The van der Waals surface area contributed by atoms with Gasteiger partial charge in [-0.3, -0.25) is 4.79 Å². The maximum atomic E-state index is 11.2. The van der Waals surface area contributed by atoms with Crippen LogP contribution in [0.2, 0.25) is 0 Å². The smallest absolute Gasteiger partial charge is 0.309 e. The predicted molar refractivity (Wildman–Crippen MR) is 43.1 cm³/mol. The molecule has 0 radical (unpaired) electrons. The second kappa shape index (κ2) is 3.24. The Balaban J connectivity index is 2.21. The fraction of sp³-hybridized carbons (Fsp3) is 0.889. The molecule has 0 aromatic heterocycles. The molecule has 1 fully saturated rings. The second-order valence-corrected chi connectivity index (χ2v) is 3.76. The van der Waals surface area contributed by atoms with Crippen molar-refractivity contribution in [2.45, 2.75) is 39.7 Å². The van der Waals surface area contributed by atoms with E-state index in [2.05, 4.69) is 6.92 Å². The molecule has 0 amide bonds. The molecule has 0 spiro atoms. The standard InChI is InChI=1S/C9H16O2/c1-6(2)11-9(10)8-4-7(3)5-8/h6-8H,4-5H2,1-3H3. The normalized spacial score (nSPS) is 29.8.